The lowest BCUT2D eigenvalue weighted by Gasteiger charge is -2.11. The molecule has 1 fully saturated rings. The van der Waals surface area contributed by atoms with Gasteiger partial charge < -0.3 is 15.8 Å². The molecule has 0 amide bonds. The Morgan fingerprint density at radius 3 is 2.71 bits per heavy atom. The summed E-state index contributed by atoms with van der Waals surface area (Å²) in [6, 6.07) is -0.0881. The lowest BCUT2D eigenvalue weighted by molar-refractivity contribution is 0.431. The zero-order valence-corrected chi connectivity index (χ0v) is 10.1. The molecule has 1 unspecified atom stereocenters. The fourth-order valence-corrected chi connectivity index (χ4v) is 2.50. The molecule has 1 aliphatic rings. The molecule has 1 atom stereocenters. The molecule has 0 bridgehead atoms. The van der Waals surface area contributed by atoms with Crippen molar-refractivity contribution in [1.29, 1.82) is 0 Å². The molecule has 0 saturated heterocycles. The molecule has 1 heterocycles. The van der Waals surface area contributed by atoms with Gasteiger partial charge in [-0.15, -0.1) is 0 Å². The van der Waals surface area contributed by atoms with E-state index < -0.39 is 0 Å². The predicted molar refractivity (Wildman–Crippen MR) is 65.1 cm³/mol. The highest BCUT2D eigenvalue weighted by molar-refractivity contribution is 5.27. The van der Waals surface area contributed by atoms with Crippen molar-refractivity contribution in [3.8, 4) is 5.88 Å². The normalized spacial score (nSPS) is 18.5. The van der Waals surface area contributed by atoms with Gasteiger partial charge in [0, 0.05) is 12.5 Å². The number of hydrogen-bond donors (Lipinski definition) is 3. The number of H-pyrrole nitrogens is 1. The van der Waals surface area contributed by atoms with E-state index in [4.69, 9.17) is 5.73 Å². The first kappa shape index (κ1) is 12.1. The van der Waals surface area contributed by atoms with Gasteiger partial charge in [-0.25, -0.2) is 0 Å². The fourth-order valence-electron chi connectivity index (χ4n) is 2.50. The molecule has 1 saturated carbocycles. The first-order valence-electron chi connectivity index (χ1n) is 6.15. The molecule has 0 spiro atoms. The van der Waals surface area contributed by atoms with Crippen molar-refractivity contribution >= 4 is 0 Å². The Labute approximate surface area is 100 Å². The molecular formula is C12H19N3O2. The summed E-state index contributed by atoms with van der Waals surface area (Å²) in [4.78, 5) is 18.7. The van der Waals surface area contributed by atoms with E-state index in [-0.39, 0.29) is 23.4 Å². The van der Waals surface area contributed by atoms with Crippen molar-refractivity contribution in [2.45, 2.75) is 51.0 Å². The molecule has 0 aliphatic heterocycles. The van der Waals surface area contributed by atoms with E-state index in [0.29, 0.717) is 17.8 Å². The maximum atomic E-state index is 11.9. The second-order valence-corrected chi connectivity index (χ2v) is 4.91. The van der Waals surface area contributed by atoms with Crippen LogP contribution in [0.15, 0.2) is 4.79 Å². The van der Waals surface area contributed by atoms with Crippen LogP contribution in [0.2, 0.25) is 0 Å². The first-order valence-corrected chi connectivity index (χ1v) is 6.15. The molecule has 5 heteroatoms. The van der Waals surface area contributed by atoms with E-state index in [2.05, 4.69) is 9.97 Å². The zero-order valence-electron chi connectivity index (χ0n) is 10.1. The Bertz CT molecular complexity index is 448. The fraction of sp³-hybridized carbons (Fsp3) is 0.667. The van der Waals surface area contributed by atoms with Crippen LogP contribution >= 0.6 is 0 Å². The van der Waals surface area contributed by atoms with Crippen molar-refractivity contribution < 1.29 is 5.11 Å². The lowest BCUT2D eigenvalue weighted by Crippen LogP contribution is -2.24. The van der Waals surface area contributed by atoms with Gasteiger partial charge in [0.2, 0.25) is 5.88 Å². The van der Waals surface area contributed by atoms with Crippen LogP contribution in [-0.2, 0) is 6.42 Å². The summed E-state index contributed by atoms with van der Waals surface area (Å²) in [7, 11) is 0. The Morgan fingerprint density at radius 2 is 2.18 bits per heavy atom. The minimum absolute atomic E-state index is 0.0881. The highest BCUT2D eigenvalue weighted by Gasteiger charge is 2.24. The van der Waals surface area contributed by atoms with E-state index in [0.717, 1.165) is 25.7 Å². The monoisotopic (exact) mass is 237 g/mol. The SMILES string of the molecule is CC(N)Cc1nc(O)c(C2CCCC2)c(=O)[nH]1. The van der Waals surface area contributed by atoms with Gasteiger partial charge in [-0.05, 0) is 25.7 Å². The largest absolute Gasteiger partial charge is 0.493 e. The Balaban J connectivity index is 2.32. The molecular weight excluding hydrogens is 218 g/mol. The summed E-state index contributed by atoms with van der Waals surface area (Å²) in [6.45, 7) is 1.84. The second-order valence-electron chi connectivity index (χ2n) is 4.91. The quantitative estimate of drug-likeness (QED) is 0.732. The number of aromatic amines is 1. The van der Waals surface area contributed by atoms with Crippen LogP contribution in [0, 0.1) is 0 Å². The Morgan fingerprint density at radius 1 is 1.53 bits per heavy atom. The number of nitrogens with two attached hydrogens (primary N) is 1. The van der Waals surface area contributed by atoms with Crippen LogP contribution < -0.4 is 11.3 Å². The lowest BCUT2D eigenvalue weighted by atomic mass is 10.00. The molecule has 5 nitrogen and oxygen atoms in total. The van der Waals surface area contributed by atoms with Gasteiger partial charge in [-0.2, -0.15) is 4.98 Å². The summed E-state index contributed by atoms with van der Waals surface area (Å²) in [5.74, 6) is 0.510. The topological polar surface area (TPSA) is 92.0 Å². The van der Waals surface area contributed by atoms with E-state index in [1.54, 1.807) is 0 Å². The summed E-state index contributed by atoms with van der Waals surface area (Å²) < 4.78 is 0. The van der Waals surface area contributed by atoms with Crippen molar-refractivity contribution in [3.63, 3.8) is 0 Å². The van der Waals surface area contributed by atoms with Crippen molar-refractivity contribution in [3.05, 3.63) is 21.7 Å². The predicted octanol–water partition coefficient (Wildman–Crippen LogP) is 1.02. The van der Waals surface area contributed by atoms with Gasteiger partial charge in [-0.3, -0.25) is 4.79 Å². The highest BCUT2D eigenvalue weighted by Crippen LogP contribution is 2.35. The van der Waals surface area contributed by atoms with Gasteiger partial charge in [0.15, 0.2) is 0 Å². The van der Waals surface area contributed by atoms with E-state index in [1.807, 2.05) is 6.92 Å². The zero-order chi connectivity index (χ0) is 12.4. The van der Waals surface area contributed by atoms with E-state index >= 15 is 0 Å². The maximum Gasteiger partial charge on any atom is 0.258 e. The summed E-state index contributed by atoms with van der Waals surface area (Å²) >= 11 is 0. The average molecular weight is 237 g/mol. The third kappa shape index (κ3) is 2.66. The summed E-state index contributed by atoms with van der Waals surface area (Å²) in [5, 5.41) is 9.87. The first-order chi connectivity index (χ1) is 8.08. The number of rotatable bonds is 3. The molecule has 1 aromatic heterocycles. The van der Waals surface area contributed by atoms with E-state index in [1.165, 1.54) is 0 Å². The number of aromatic hydroxyl groups is 1. The van der Waals surface area contributed by atoms with Gasteiger partial charge in [0.25, 0.3) is 5.56 Å². The summed E-state index contributed by atoms with van der Waals surface area (Å²) in [6.07, 6.45) is 4.62. The van der Waals surface area contributed by atoms with Gasteiger partial charge in [0.1, 0.15) is 5.82 Å². The third-order valence-corrected chi connectivity index (χ3v) is 3.26. The van der Waals surface area contributed by atoms with Crippen molar-refractivity contribution in [1.82, 2.24) is 9.97 Å². The van der Waals surface area contributed by atoms with Crippen LogP contribution in [0.3, 0.4) is 0 Å². The number of aromatic nitrogens is 2. The minimum atomic E-state index is -0.208. The van der Waals surface area contributed by atoms with Crippen LogP contribution in [0.25, 0.3) is 0 Å². The standard InChI is InChI=1S/C12H19N3O2/c1-7(13)6-9-14-11(16)10(12(17)15-9)8-4-2-3-5-8/h7-8H,2-6,13H2,1H3,(H2,14,15,16,17). The molecule has 1 aliphatic carbocycles. The van der Waals surface area contributed by atoms with Crippen molar-refractivity contribution in [2.75, 3.05) is 0 Å². The highest BCUT2D eigenvalue weighted by atomic mass is 16.3. The third-order valence-electron chi connectivity index (χ3n) is 3.26. The molecule has 0 aromatic carbocycles. The van der Waals surface area contributed by atoms with Gasteiger partial charge in [0.05, 0.1) is 5.56 Å². The Hall–Kier alpha value is -1.36. The molecule has 1 aromatic rings. The van der Waals surface area contributed by atoms with Crippen LogP contribution in [0.5, 0.6) is 5.88 Å². The number of nitrogens with one attached hydrogen (secondary N) is 1. The van der Waals surface area contributed by atoms with E-state index in [9.17, 15) is 9.90 Å². The average Bonchev–Trinajstić information content (AvgIpc) is 2.68. The molecule has 4 N–H and O–H groups in total. The molecule has 17 heavy (non-hydrogen) atoms. The smallest absolute Gasteiger partial charge is 0.258 e. The number of nitrogens with zero attached hydrogens (tertiary/aromatic N) is 1. The Kier molecular flexibility index (Phi) is 3.47. The molecule has 0 radical (unpaired) electrons. The summed E-state index contributed by atoms with van der Waals surface area (Å²) in [5.41, 5.74) is 5.89. The molecule has 2 rings (SSSR count). The molecule has 94 valence electrons. The van der Waals surface area contributed by atoms with Crippen LogP contribution in [0.4, 0.5) is 0 Å². The van der Waals surface area contributed by atoms with Gasteiger partial charge in [-0.1, -0.05) is 12.8 Å². The van der Waals surface area contributed by atoms with Gasteiger partial charge >= 0.3 is 0 Å². The number of hydrogen-bond acceptors (Lipinski definition) is 4. The van der Waals surface area contributed by atoms with Crippen LogP contribution in [0.1, 0.15) is 49.9 Å². The maximum absolute atomic E-state index is 11.9. The minimum Gasteiger partial charge on any atom is -0.493 e. The second kappa shape index (κ2) is 4.87. The van der Waals surface area contributed by atoms with Crippen molar-refractivity contribution in [2.24, 2.45) is 5.73 Å². The van der Waals surface area contributed by atoms with Crippen LogP contribution in [-0.4, -0.2) is 21.1 Å².